The van der Waals surface area contributed by atoms with Gasteiger partial charge >= 0.3 is 0 Å². The fourth-order valence-electron chi connectivity index (χ4n) is 2.21. The third kappa shape index (κ3) is 2.38. The van der Waals surface area contributed by atoms with Gasteiger partial charge in [0.1, 0.15) is 5.75 Å². The molecule has 3 heteroatoms. The van der Waals surface area contributed by atoms with Crippen molar-refractivity contribution in [3.05, 3.63) is 40.9 Å². The van der Waals surface area contributed by atoms with Crippen molar-refractivity contribution in [1.29, 1.82) is 0 Å². The fourth-order valence-corrected chi connectivity index (χ4v) is 2.82. The van der Waals surface area contributed by atoms with E-state index < -0.39 is 0 Å². The van der Waals surface area contributed by atoms with E-state index in [1.165, 1.54) is 10.8 Å². The van der Waals surface area contributed by atoms with Crippen LogP contribution in [0.15, 0.2) is 40.9 Å². The van der Waals surface area contributed by atoms with Gasteiger partial charge in [0.15, 0.2) is 0 Å². The van der Waals surface area contributed by atoms with E-state index in [2.05, 4.69) is 51.6 Å². The van der Waals surface area contributed by atoms with Crippen LogP contribution >= 0.6 is 15.9 Å². The Morgan fingerprint density at radius 1 is 1.17 bits per heavy atom. The number of ether oxygens (including phenoxy) is 1. The first-order chi connectivity index (χ1) is 8.84. The van der Waals surface area contributed by atoms with E-state index in [0.29, 0.717) is 0 Å². The van der Waals surface area contributed by atoms with Crippen LogP contribution in [0.1, 0.15) is 6.42 Å². The van der Waals surface area contributed by atoms with Crippen molar-refractivity contribution in [3.8, 4) is 5.75 Å². The molecule has 1 heterocycles. The molecule has 2 aromatic carbocycles. The van der Waals surface area contributed by atoms with Gasteiger partial charge in [0.25, 0.3) is 0 Å². The van der Waals surface area contributed by atoms with Crippen molar-refractivity contribution in [2.45, 2.75) is 6.42 Å². The van der Waals surface area contributed by atoms with E-state index in [9.17, 15) is 0 Å². The molecule has 18 heavy (non-hydrogen) atoms. The predicted molar refractivity (Wildman–Crippen MR) is 78.1 cm³/mol. The summed E-state index contributed by atoms with van der Waals surface area (Å²) in [4.78, 5) is 0. The highest BCUT2D eigenvalue weighted by Gasteiger charge is 2.16. The van der Waals surface area contributed by atoms with Gasteiger partial charge in [0, 0.05) is 0 Å². The topological polar surface area (TPSA) is 21.3 Å². The maximum atomic E-state index is 5.88. The molecule has 94 valence electrons. The molecular formula is C15H16BrNO. The number of hydrogen-bond donors (Lipinski definition) is 1. The largest absolute Gasteiger partial charge is 0.492 e. The van der Waals surface area contributed by atoms with Gasteiger partial charge in [-0.1, -0.05) is 30.3 Å². The Morgan fingerprint density at radius 2 is 2.00 bits per heavy atom. The van der Waals surface area contributed by atoms with E-state index in [1.807, 2.05) is 6.07 Å². The van der Waals surface area contributed by atoms with Gasteiger partial charge in [-0.3, -0.25) is 0 Å². The van der Waals surface area contributed by atoms with Gasteiger partial charge in [0.2, 0.25) is 0 Å². The van der Waals surface area contributed by atoms with Gasteiger partial charge in [-0.25, -0.2) is 0 Å². The smallest absolute Gasteiger partial charge is 0.134 e. The standard InChI is InChI=1S/C15H16BrNO/c16-15-13-4-2-1-3-12(13)5-6-14(15)18-8-7-11-9-17-10-11/h1-6,11,17H,7-10H2. The number of hydrogen-bond acceptors (Lipinski definition) is 2. The second kappa shape index (κ2) is 5.29. The molecule has 0 bridgehead atoms. The fraction of sp³-hybridized carbons (Fsp3) is 0.333. The summed E-state index contributed by atoms with van der Waals surface area (Å²) >= 11 is 3.64. The van der Waals surface area contributed by atoms with Crippen LogP contribution in [-0.4, -0.2) is 19.7 Å². The van der Waals surface area contributed by atoms with Gasteiger partial charge in [-0.2, -0.15) is 0 Å². The SMILES string of the molecule is Brc1c(OCCC2CNC2)ccc2ccccc12. The average molecular weight is 306 g/mol. The molecule has 1 saturated heterocycles. The van der Waals surface area contributed by atoms with Crippen LogP contribution in [0.25, 0.3) is 10.8 Å². The van der Waals surface area contributed by atoms with Gasteiger partial charge in [-0.05, 0) is 58.2 Å². The molecular weight excluding hydrogens is 290 g/mol. The Balaban J connectivity index is 1.73. The molecule has 1 fully saturated rings. The Bertz CT molecular complexity index is 551. The number of halogens is 1. The summed E-state index contributed by atoms with van der Waals surface area (Å²) in [6.45, 7) is 3.08. The number of nitrogens with one attached hydrogen (secondary N) is 1. The van der Waals surface area contributed by atoms with E-state index in [0.717, 1.165) is 42.3 Å². The predicted octanol–water partition coefficient (Wildman–Crippen LogP) is 3.59. The molecule has 0 aromatic heterocycles. The Hall–Kier alpha value is -1.06. The van der Waals surface area contributed by atoms with E-state index >= 15 is 0 Å². The number of benzene rings is 2. The first-order valence-electron chi connectivity index (χ1n) is 6.35. The van der Waals surface area contributed by atoms with Crippen LogP contribution in [0.2, 0.25) is 0 Å². The Labute approximate surface area is 115 Å². The monoisotopic (exact) mass is 305 g/mol. The van der Waals surface area contributed by atoms with Crippen LogP contribution in [0.4, 0.5) is 0 Å². The van der Waals surface area contributed by atoms with Crippen LogP contribution < -0.4 is 10.1 Å². The highest BCUT2D eigenvalue weighted by atomic mass is 79.9. The number of rotatable bonds is 4. The number of fused-ring (bicyclic) bond motifs is 1. The zero-order chi connectivity index (χ0) is 12.4. The van der Waals surface area contributed by atoms with E-state index in [-0.39, 0.29) is 0 Å². The summed E-state index contributed by atoms with van der Waals surface area (Å²) in [5.41, 5.74) is 0. The lowest BCUT2D eigenvalue weighted by Gasteiger charge is -2.26. The highest BCUT2D eigenvalue weighted by Crippen LogP contribution is 2.33. The van der Waals surface area contributed by atoms with Crippen LogP contribution in [0.3, 0.4) is 0 Å². The minimum absolute atomic E-state index is 0.795. The Morgan fingerprint density at radius 3 is 2.78 bits per heavy atom. The zero-order valence-electron chi connectivity index (χ0n) is 10.2. The molecule has 0 amide bonds. The quantitative estimate of drug-likeness (QED) is 0.932. The molecule has 0 unspecified atom stereocenters. The molecule has 1 aliphatic rings. The maximum absolute atomic E-state index is 5.88. The highest BCUT2D eigenvalue weighted by molar-refractivity contribution is 9.10. The van der Waals surface area contributed by atoms with Crippen molar-refractivity contribution < 1.29 is 4.74 Å². The van der Waals surface area contributed by atoms with Crippen LogP contribution in [0.5, 0.6) is 5.75 Å². The summed E-state index contributed by atoms with van der Waals surface area (Å²) in [6.07, 6.45) is 1.13. The summed E-state index contributed by atoms with van der Waals surface area (Å²) in [6, 6.07) is 12.5. The molecule has 0 spiro atoms. The normalized spacial score (nSPS) is 15.6. The lowest BCUT2D eigenvalue weighted by molar-refractivity contribution is 0.238. The first-order valence-corrected chi connectivity index (χ1v) is 7.14. The lowest BCUT2D eigenvalue weighted by atomic mass is 10.0. The second-order valence-electron chi connectivity index (χ2n) is 4.76. The Kier molecular flexibility index (Phi) is 3.52. The molecule has 0 atom stereocenters. The van der Waals surface area contributed by atoms with Crippen molar-refractivity contribution in [1.82, 2.24) is 5.32 Å². The summed E-state index contributed by atoms with van der Waals surface area (Å²) in [5, 5.41) is 5.73. The second-order valence-corrected chi connectivity index (χ2v) is 5.55. The first kappa shape index (κ1) is 12.0. The van der Waals surface area contributed by atoms with E-state index in [1.54, 1.807) is 0 Å². The summed E-state index contributed by atoms with van der Waals surface area (Å²) in [7, 11) is 0. The van der Waals surface area contributed by atoms with Crippen molar-refractivity contribution in [2.24, 2.45) is 5.92 Å². The zero-order valence-corrected chi connectivity index (χ0v) is 11.7. The van der Waals surface area contributed by atoms with Crippen molar-refractivity contribution in [2.75, 3.05) is 19.7 Å². The molecule has 1 aliphatic heterocycles. The molecule has 0 aliphatic carbocycles. The third-order valence-corrected chi connectivity index (χ3v) is 4.30. The summed E-state index contributed by atoms with van der Waals surface area (Å²) in [5.74, 6) is 1.74. The molecule has 3 rings (SSSR count). The maximum Gasteiger partial charge on any atom is 0.134 e. The third-order valence-electron chi connectivity index (χ3n) is 3.48. The van der Waals surface area contributed by atoms with Crippen molar-refractivity contribution >= 4 is 26.7 Å². The molecule has 0 radical (unpaired) electrons. The molecule has 2 nitrogen and oxygen atoms in total. The van der Waals surface area contributed by atoms with Gasteiger partial charge in [0.05, 0.1) is 11.1 Å². The van der Waals surface area contributed by atoms with Crippen LogP contribution in [-0.2, 0) is 0 Å². The molecule has 2 aromatic rings. The minimum Gasteiger partial charge on any atom is -0.492 e. The average Bonchev–Trinajstić information content (AvgIpc) is 2.35. The van der Waals surface area contributed by atoms with Gasteiger partial charge in [-0.15, -0.1) is 0 Å². The summed E-state index contributed by atoms with van der Waals surface area (Å²) < 4.78 is 6.94. The van der Waals surface area contributed by atoms with Crippen molar-refractivity contribution in [3.63, 3.8) is 0 Å². The molecule has 1 N–H and O–H groups in total. The van der Waals surface area contributed by atoms with E-state index in [4.69, 9.17) is 4.74 Å². The lowest BCUT2D eigenvalue weighted by Crippen LogP contribution is -2.42. The van der Waals surface area contributed by atoms with Crippen LogP contribution in [0, 0.1) is 5.92 Å². The minimum atomic E-state index is 0.795. The molecule has 0 saturated carbocycles. The van der Waals surface area contributed by atoms with Gasteiger partial charge < -0.3 is 10.1 Å².